The van der Waals surface area contributed by atoms with E-state index in [1.807, 2.05) is 18.2 Å². The fourth-order valence-electron chi connectivity index (χ4n) is 1.97. The van der Waals surface area contributed by atoms with Gasteiger partial charge >= 0.3 is 0 Å². The first kappa shape index (κ1) is 14.9. The Morgan fingerprint density at radius 3 is 2.71 bits per heavy atom. The number of hydrogen-bond donors (Lipinski definition) is 3. The van der Waals surface area contributed by atoms with Crippen LogP contribution < -0.4 is 5.32 Å². The molecule has 2 rings (SSSR count). The van der Waals surface area contributed by atoms with Crippen molar-refractivity contribution in [3.05, 3.63) is 53.6 Å². The summed E-state index contributed by atoms with van der Waals surface area (Å²) < 4.78 is 5.04. The maximum atomic E-state index is 12.2. The number of carbonyl (C=O) groups is 1. The normalized spacial score (nSPS) is 10.3. The maximum Gasteiger partial charge on any atom is 0.259 e. The fraction of sp³-hybridized carbons (Fsp3) is 0.188. The molecule has 0 aliphatic carbocycles. The molecule has 21 heavy (non-hydrogen) atoms. The molecular weight excluding hydrogens is 270 g/mol. The molecule has 110 valence electrons. The molecule has 0 heterocycles. The number of phenols is 2. The van der Waals surface area contributed by atoms with Gasteiger partial charge in [-0.05, 0) is 36.2 Å². The molecule has 5 heteroatoms. The van der Waals surface area contributed by atoms with E-state index in [0.717, 1.165) is 5.56 Å². The van der Waals surface area contributed by atoms with E-state index in [0.29, 0.717) is 18.7 Å². The van der Waals surface area contributed by atoms with Crippen LogP contribution in [0.15, 0.2) is 42.5 Å². The lowest BCUT2D eigenvalue weighted by Gasteiger charge is -2.11. The van der Waals surface area contributed by atoms with Crippen LogP contribution in [0.25, 0.3) is 0 Å². The molecule has 0 radical (unpaired) electrons. The largest absolute Gasteiger partial charge is 0.508 e. The number of nitrogens with one attached hydrogen (secondary N) is 1. The molecule has 0 aromatic heterocycles. The molecule has 1 amide bonds. The van der Waals surface area contributed by atoms with Crippen molar-refractivity contribution in [2.75, 3.05) is 19.0 Å². The zero-order valence-corrected chi connectivity index (χ0v) is 11.7. The third kappa shape index (κ3) is 3.73. The van der Waals surface area contributed by atoms with Crippen LogP contribution in [0.3, 0.4) is 0 Å². The number of anilines is 1. The highest BCUT2D eigenvalue weighted by Gasteiger charge is 2.13. The minimum atomic E-state index is -0.478. The van der Waals surface area contributed by atoms with Crippen molar-refractivity contribution in [2.24, 2.45) is 0 Å². The van der Waals surface area contributed by atoms with E-state index in [9.17, 15) is 15.0 Å². The second kappa shape index (κ2) is 6.76. The summed E-state index contributed by atoms with van der Waals surface area (Å²) in [6, 6.07) is 11.2. The molecule has 2 aromatic rings. The van der Waals surface area contributed by atoms with Gasteiger partial charge in [0.25, 0.3) is 5.91 Å². The van der Waals surface area contributed by atoms with E-state index in [-0.39, 0.29) is 17.1 Å². The molecule has 3 N–H and O–H groups in total. The molecule has 0 atom stereocenters. The van der Waals surface area contributed by atoms with Crippen molar-refractivity contribution < 1.29 is 19.7 Å². The van der Waals surface area contributed by atoms with Crippen LogP contribution in [-0.4, -0.2) is 29.8 Å². The molecule has 0 bridgehead atoms. The van der Waals surface area contributed by atoms with Crippen LogP contribution in [0.4, 0.5) is 5.69 Å². The summed E-state index contributed by atoms with van der Waals surface area (Å²) >= 11 is 0. The predicted octanol–water partition coefficient (Wildman–Crippen LogP) is 2.54. The Hall–Kier alpha value is -2.53. The highest BCUT2D eigenvalue weighted by atomic mass is 16.5. The van der Waals surface area contributed by atoms with Crippen molar-refractivity contribution in [3.8, 4) is 11.5 Å². The van der Waals surface area contributed by atoms with Crippen LogP contribution in [0, 0.1) is 0 Å². The summed E-state index contributed by atoms with van der Waals surface area (Å²) in [7, 11) is 1.62. The quantitative estimate of drug-likeness (QED) is 0.738. The van der Waals surface area contributed by atoms with Crippen LogP contribution >= 0.6 is 0 Å². The van der Waals surface area contributed by atoms with E-state index in [2.05, 4.69) is 5.32 Å². The van der Waals surface area contributed by atoms with Crippen molar-refractivity contribution in [2.45, 2.75) is 6.42 Å². The number of para-hydroxylation sites is 1. The minimum Gasteiger partial charge on any atom is -0.508 e. The summed E-state index contributed by atoms with van der Waals surface area (Å²) in [5.41, 5.74) is 1.62. The number of phenolic OH excluding ortho intramolecular Hbond substituents is 2. The average molecular weight is 287 g/mol. The Morgan fingerprint density at radius 1 is 1.19 bits per heavy atom. The smallest absolute Gasteiger partial charge is 0.259 e. The van der Waals surface area contributed by atoms with E-state index in [4.69, 9.17) is 4.74 Å². The fourth-order valence-corrected chi connectivity index (χ4v) is 1.97. The number of amides is 1. The number of benzene rings is 2. The predicted molar refractivity (Wildman–Crippen MR) is 79.7 cm³/mol. The van der Waals surface area contributed by atoms with E-state index < -0.39 is 5.91 Å². The van der Waals surface area contributed by atoms with Gasteiger partial charge in [-0.1, -0.05) is 18.2 Å². The Kier molecular flexibility index (Phi) is 4.79. The van der Waals surface area contributed by atoms with Gasteiger partial charge in [-0.3, -0.25) is 4.79 Å². The van der Waals surface area contributed by atoms with Crippen LogP contribution in [0.2, 0.25) is 0 Å². The van der Waals surface area contributed by atoms with E-state index >= 15 is 0 Å². The Balaban J connectivity index is 2.21. The molecular formula is C16H17NO4. The van der Waals surface area contributed by atoms with Crippen molar-refractivity contribution in [3.63, 3.8) is 0 Å². The van der Waals surface area contributed by atoms with Gasteiger partial charge in [0.15, 0.2) is 0 Å². The van der Waals surface area contributed by atoms with Gasteiger partial charge in [0.2, 0.25) is 0 Å². The van der Waals surface area contributed by atoms with Gasteiger partial charge in [-0.15, -0.1) is 0 Å². The lowest BCUT2D eigenvalue weighted by molar-refractivity contribution is 0.102. The maximum absolute atomic E-state index is 12.2. The Bertz CT molecular complexity index is 640. The lowest BCUT2D eigenvalue weighted by atomic mass is 10.1. The summed E-state index contributed by atoms with van der Waals surface area (Å²) in [6.07, 6.45) is 0.666. The van der Waals surface area contributed by atoms with E-state index in [1.54, 1.807) is 13.2 Å². The van der Waals surface area contributed by atoms with Crippen LogP contribution in [0.1, 0.15) is 15.9 Å². The molecule has 0 aliphatic rings. The number of rotatable bonds is 5. The summed E-state index contributed by atoms with van der Waals surface area (Å²) in [5, 5.41) is 21.9. The third-order valence-electron chi connectivity index (χ3n) is 3.07. The third-order valence-corrected chi connectivity index (χ3v) is 3.07. The molecule has 2 aromatic carbocycles. The Morgan fingerprint density at radius 2 is 1.95 bits per heavy atom. The number of hydrogen-bond acceptors (Lipinski definition) is 4. The second-order valence-electron chi connectivity index (χ2n) is 4.56. The van der Waals surface area contributed by atoms with Gasteiger partial charge in [-0.2, -0.15) is 0 Å². The highest BCUT2D eigenvalue weighted by Crippen LogP contribution is 2.24. The first-order chi connectivity index (χ1) is 10.1. The standard InChI is InChI=1S/C16H17NO4/c1-21-9-8-11-4-2-3-5-14(11)17-16(20)13-10-12(18)6-7-15(13)19/h2-7,10,18-19H,8-9H2,1H3,(H,17,20). The topological polar surface area (TPSA) is 78.8 Å². The second-order valence-corrected chi connectivity index (χ2v) is 4.56. The van der Waals surface area contributed by atoms with Gasteiger partial charge in [0, 0.05) is 12.8 Å². The minimum absolute atomic E-state index is 0.0246. The van der Waals surface area contributed by atoms with Crippen molar-refractivity contribution >= 4 is 11.6 Å². The van der Waals surface area contributed by atoms with Crippen LogP contribution in [-0.2, 0) is 11.2 Å². The molecule has 0 fully saturated rings. The zero-order chi connectivity index (χ0) is 15.2. The molecule has 0 spiro atoms. The van der Waals surface area contributed by atoms with Gasteiger partial charge in [0.05, 0.1) is 12.2 Å². The number of carbonyl (C=O) groups excluding carboxylic acids is 1. The monoisotopic (exact) mass is 287 g/mol. The van der Waals surface area contributed by atoms with Gasteiger partial charge in [0.1, 0.15) is 11.5 Å². The van der Waals surface area contributed by atoms with Gasteiger partial charge < -0.3 is 20.3 Å². The number of methoxy groups -OCH3 is 1. The average Bonchev–Trinajstić information content (AvgIpc) is 2.48. The Labute approximate surface area is 122 Å². The highest BCUT2D eigenvalue weighted by molar-refractivity contribution is 6.06. The van der Waals surface area contributed by atoms with Gasteiger partial charge in [-0.25, -0.2) is 0 Å². The first-order valence-electron chi connectivity index (χ1n) is 6.52. The summed E-state index contributed by atoms with van der Waals surface area (Å²) in [4.78, 5) is 12.2. The molecule has 0 unspecified atom stereocenters. The molecule has 0 aliphatic heterocycles. The summed E-state index contributed by atoms with van der Waals surface area (Å²) in [6.45, 7) is 0.546. The zero-order valence-electron chi connectivity index (χ0n) is 11.7. The summed E-state index contributed by atoms with van der Waals surface area (Å²) in [5.74, 6) is -0.737. The van der Waals surface area contributed by atoms with Crippen molar-refractivity contribution in [1.82, 2.24) is 0 Å². The van der Waals surface area contributed by atoms with Crippen LogP contribution in [0.5, 0.6) is 11.5 Å². The molecule has 5 nitrogen and oxygen atoms in total. The SMILES string of the molecule is COCCc1ccccc1NC(=O)c1cc(O)ccc1O. The number of aromatic hydroxyl groups is 2. The lowest BCUT2D eigenvalue weighted by Crippen LogP contribution is -2.14. The number of ether oxygens (including phenoxy) is 1. The van der Waals surface area contributed by atoms with Crippen molar-refractivity contribution in [1.29, 1.82) is 0 Å². The molecule has 0 saturated carbocycles. The molecule has 0 saturated heterocycles. The first-order valence-corrected chi connectivity index (χ1v) is 6.52. The van der Waals surface area contributed by atoms with E-state index in [1.165, 1.54) is 18.2 Å².